The van der Waals surface area contributed by atoms with Crippen molar-refractivity contribution in [1.82, 2.24) is 9.21 Å². The molecule has 1 heterocycles. The van der Waals surface area contributed by atoms with E-state index in [1.54, 1.807) is 47.4 Å². The van der Waals surface area contributed by atoms with Gasteiger partial charge in [0.25, 0.3) is 5.91 Å². The lowest BCUT2D eigenvalue weighted by Gasteiger charge is -2.34. The lowest BCUT2D eigenvalue weighted by atomic mass is 10.2. The topological polar surface area (TPSA) is 57.7 Å². The molecule has 8 heteroatoms. The molecule has 1 aliphatic heterocycles. The van der Waals surface area contributed by atoms with Crippen molar-refractivity contribution in [2.45, 2.75) is 4.90 Å². The maximum Gasteiger partial charge on any atom is 0.255 e. The first-order valence-electron chi connectivity index (χ1n) is 7.70. The number of rotatable bonds is 3. The third-order valence-electron chi connectivity index (χ3n) is 4.08. The van der Waals surface area contributed by atoms with E-state index in [2.05, 4.69) is 0 Å². The van der Waals surface area contributed by atoms with Crippen LogP contribution in [-0.2, 0) is 10.0 Å². The maximum atomic E-state index is 12.7. The van der Waals surface area contributed by atoms with Gasteiger partial charge in [-0.2, -0.15) is 4.31 Å². The standard InChI is InChI=1S/C17H16Cl2N2O3S/c18-14-6-2-1-5-13(14)17(22)20-9-11-21(12-10-20)25(23,24)16-8-4-3-7-15(16)19/h1-8H,9-12H2. The highest BCUT2D eigenvalue weighted by molar-refractivity contribution is 7.89. The average molecular weight is 399 g/mol. The molecule has 0 spiro atoms. The molecule has 132 valence electrons. The summed E-state index contributed by atoms with van der Waals surface area (Å²) in [7, 11) is -3.68. The molecule has 0 aromatic heterocycles. The molecule has 0 atom stereocenters. The molecule has 0 saturated carbocycles. The van der Waals surface area contributed by atoms with E-state index in [-0.39, 0.29) is 28.9 Å². The summed E-state index contributed by atoms with van der Waals surface area (Å²) < 4.78 is 26.8. The predicted octanol–water partition coefficient (Wildman–Crippen LogP) is 3.14. The number of nitrogens with zero attached hydrogens (tertiary/aromatic N) is 2. The van der Waals surface area contributed by atoms with Crippen LogP contribution in [0, 0.1) is 0 Å². The summed E-state index contributed by atoms with van der Waals surface area (Å²) in [6.07, 6.45) is 0. The lowest BCUT2D eigenvalue weighted by Crippen LogP contribution is -2.50. The lowest BCUT2D eigenvalue weighted by molar-refractivity contribution is 0.0698. The SMILES string of the molecule is O=C(c1ccccc1Cl)N1CCN(S(=O)(=O)c2ccccc2Cl)CC1. The molecule has 0 unspecified atom stereocenters. The molecule has 0 radical (unpaired) electrons. The summed E-state index contributed by atoms with van der Waals surface area (Å²) in [6, 6.07) is 13.2. The van der Waals surface area contributed by atoms with Crippen molar-refractivity contribution in [2.75, 3.05) is 26.2 Å². The molecule has 1 aliphatic rings. The van der Waals surface area contributed by atoms with Gasteiger partial charge in [-0.25, -0.2) is 8.42 Å². The molecule has 25 heavy (non-hydrogen) atoms. The minimum atomic E-state index is -3.68. The number of amides is 1. The van der Waals surface area contributed by atoms with Gasteiger partial charge in [-0.3, -0.25) is 4.79 Å². The highest BCUT2D eigenvalue weighted by atomic mass is 35.5. The predicted molar refractivity (Wildman–Crippen MR) is 97.6 cm³/mol. The number of carbonyl (C=O) groups excluding carboxylic acids is 1. The zero-order valence-corrected chi connectivity index (χ0v) is 15.6. The van der Waals surface area contributed by atoms with Crippen LogP contribution in [0.2, 0.25) is 10.0 Å². The largest absolute Gasteiger partial charge is 0.336 e. The Bertz CT molecular complexity index is 894. The Morgan fingerprint density at radius 1 is 0.840 bits per heavy atom. The van der Waals surface area contributed by atoms with Crippen molar-refractivity contribution in [3.63, 3.8) is 0 Å². The van der Waals surface area contributed by atoms with Crippen molar-refractivity contribution < 1.29 is 13.2 Å². The molecule has 0 bridgehead atoms. The highest BCUT2D eigenvalue weighted by Crippen LogP contribution is 2.25. The third-order valence-corrected chi connectivity index (χ3v) is 6.81. The van der Waals surface area contributed by atoms with Gasteiger partial charge in [0.1, 0.15) is 4.90 Å². The minimum Gasteiger partial charge on any atom is -0.336 e. The van der Waals surface area contributed by atoms with Gasteiger partial charge in [0.2, 0.25) is 10.0 Å². The fourth-order valence-corrected chi connectivity index (χ4v) is 4.86. The van der Waals surface area contributed by atoms with Crippen LogP contribution >= 0.6 is 23.2 Å². The zero-order valence-electron chi connectivity index (χ0n) is 13.2. The Labute approximate surface area is 156 Å². The Hall–Kier alpha value is -1.60. The van der Waals surface area contributed by atoms with E-state index in [0.29, 0.717) is 23.7 Å². The second-order valence-electron chi connectivity index (χ2n) is 5.61. The van der Waals surface area contributed by atoms with Crippen LogP contribution in [0.15, 0.2) is 53.4 Å². The Morgan fingerprint density at radius 2 is 1.40 bits per heavy atom. The van der Waals surface area contributed by atoms with Gasteiger partial charge >= 0.3 is 0 Å². The van der Waals surface area contributed by atoms with E-state index in [4.69, 9.17) is 23.2 Å². The summed E-state index contributed by atoms with van der Waals surface area (Å²) in [5, 5.41) is 0.579. The average Bonchev–Trinajstić information content (AvgIpc) is 2.62. The van der Waals surface area contributed by atoms with Crippen molar-refractivity contribution in [3.05, 3.63) is 64.1 Å². The molecule has 0 N–H and O–H groups in total. The van der Waals surface area contributed by atoms with Gasteiger partial charge in [0.15, 0.2) is 0 Å². The number of halogens is 2. The van der Waals surface area contributed by atoms with E-state index < -0.39 is 10.0 Å². The Morgan fingerprint density at radius 3 is 2.00 bits per heavy atom. The monoisotopic (exact) mass is 398 g/mol. The van der Waals surface area contributed by atoms with Gasteiger partial charge in [-0.05, 0) is 24.3 Å². The van der Waals surface area contributed by atoms with Crippen LogP contribution in [0.1, 0.15) is 10.4 Å². The Kier molecular flexibility index (Phi) is 5.34. The molecule has 2 aromatic rings. The van der Waals surface area contributed by atoms with Crippen LogP contribution in [-0.4, -0.2) is 49.7 Å². The van der Waals surface area contributed by atoms with Crippen LogP contribution in [0.25, 0.3) is 0 Å². The van der Waals surface area contributed by atoms with Gasteiger partial charge in [-0.1, -0.05) is 47.5 Å². The molecule has 1 fully saturated rings. The number of carbonyl (C=O) groups is 1. The van der Waals surface area contributed by atoms with Crippen molar-refractivity contribution >= 4 is 39.1 Å². The van der Waals surface area contributed by atoms with E-state index >= 15 is 0 Å². The zero-order chi connectivity index (χ0) is 18.0. The van der Waals surface area contributed by atoms with E-state index in [9.17, 15) is 13.2 Å². The molecule has 3 rings (SSSR count). The van der Waals surface area contributed by atoms with Gasteiger partial charge in [-0.15, -0.1) is 0 Å². The number of hydrogen-bond donors (Lipinski definition) is 0. The molecule has 1 amide bonds. The van der Waals surface area contributed by atoms with Crippen LogP contribution in [0.5, 0.6) is 0 Å². The van der Waals surface area contributed by atoms with Gasteiger partial charge in [0.05, 0.1) is 15.6 Å². The fourth-order valence-electron chi connectivity index (χ4n) is 2.73. The molecular formula is C17H16Cl2N2O3S. The number of hydrogen-bond acceptors (Lipinski definition) is 3. The van der Waals surface area contributed by atoms with Gasteiger partial charge < -0.3 is 4.90 Å². The van der Waals surface area contributed by atoms with Gasteiger partial charge in [0, 0.05) is 26.2 Å². The summed E-state index contributed by atoms with van der Waals surface area (Å²) in [5.74, 6) is -0.194. The second kappa shape index (κ2) is 7.33. The number of piperazine rings is 1. The first kappa shape index (κ1) is 18.2. The number of benzene rings is 2. The highest BCUT2D eigenvalue weighted by Gasteiger charge is 2.31. The molecular weight excluding hydrogens is 383 g/mol. The Balaban J connectivity index is 1.73. The van der Waals surface area contributed by atoms with Crippen LogP contribution in [0.4, 0.5) is 0 Å². The van der Waals surface area contributed by atoms with Crippen molar-refractivity contribution in [3.8, 4) is 0 Å². The van der Waals surface area contributed by atoms with Crippen LogP contribution < -0.4 is 0 Å². The van der Waals surface area contributed by atoms with E-state index in [1.807, 2.05) is 0 Å². The first-order valence-corrected chi connectivity index (χ1v) is 9.89. The minimum absolute atomic E-state index is 0.0857. The summed E-state index contributed by atoms with van der Waals surface area (Å²) >= 11 is 12.1. The number of sulfonamides is 1. The maximum absolute atomic E-state index is 12.7. The summed E-state index contributed by atoms with van der Waals surface area (Å²) in [5.41, 5.74) is 0.423. The van der Waals surface area contributed by atoms with E-state index in [0.717, 1.165) is 0 Å². The summed E-state index contributed by atoms with van der Waals surface area (Å²) in [4.78, 5) is 14.3. The summed E-state index contributed by atoms with van der Waals surface area (Å²) in [6.45, 7) is 1.02. The quantitative estimate of drug-likeness (QED) is 0.797. The molecule has 1 saturated heterocycles. The third kappa shape index (κ3) is 3.67. The smallest absolute Gasteiger partial charge is 0.255 e. The van der Waals surface area contributed by atoms with Crippen LogP contribution in [0.3, 0.4) is 0 Å². The second-order valence-corrected chi connectivity index (χ2v) is 8.33. The van der Waals surface area contributed by atoms with Crippen molar-refractivity contribution in [1.29, 1.82) is 0 Å². The molecule has 0 aliphatic carbocycles. The first-order chi connectivity index (χ1) is 11.9. The van der Waals surface area contributed by atoms with E-state index in [1.165, 1.54) is 10.4 Å². The fraction of sp³-hybridized carbons (Fsp3) is 0.235. The normalized spacial score (nSPS) is 16.0. The molecule has 2 aromatic carbocycles. The molecule has 5 nitrogen and oxygen atoms in total. The van der Waals surface area contributed by atoms with Crippen molar-refractivity contribution in [2.24, 2.45) is 0 Å².